The molecule has 18 heavy (non-hydrogen) atoms. The number of aliphatic hydroxyl groups excluding tert-OH is 1. The predicted molar refractivity (Wildman–Crippen MR) is 77.2 cm³/mol. The minimum Gasteiger partial charge on any atom is -0.396 e. The van der Waals surface area contributed by atoms with E-state index in [1.54, 1.807) is 0 Å². The summed E-state index contributed by atoms with van der Waals surface area (Å²) in [6.45, 7) is 2.68. The quantitative estimate of drug-likeness (QED) is 0.724. The van der Waals surface area contributed by atoms with Crippen LogP contribution in [0.2, 0.25) is 10.0 Å². The number of rotatable bonds is 7. The van der Waals surface area contributed by atoms with Crippen molar-refractivity contribution >= 4 is 23.2 Å². The summed E-state index contributed by atoms with van der Waals surface area (Å²) >= 11 is 12.3. The van der Waals surface area contributed by atoms with E-state index in [2.05, 4.69) is 12.2 Å². The molecule has 1 rings (SSSR count). The van der Waals surface area contributed by atoms with Crippen LogP contribution in [0.4, 0.5) is 0 Å². The van der Waals surface area contributed by atoms with Gasteiger partial charge in [-0.15, -0.1) is 0 Å². The number of hydrogen-bond donors (Lipinski definition) is 3. The van der Waals surface area contributed by atoms with E-state index < -0.39 is 0 Å². The fraction of sp³-hybridized carbons (Fsp3) is 0.538. The Hall–Kier alpha value is -0.320. The van der Waals surface area contributed by atoms with Crippen LogP contribution >= 0.6 is 23.2 Å². The van der Waals surface area contributed by atoms with Gasteiger partial charge in [0.1, 0.15) is 0 Å². The van der Waals surface area contributed by atoms with Gasteiger partial charge in [0, 0.05) is 40.8 Å². The molecule has 5 heteroatoms. The van der Waals surface area contributed by atoms with Gasteiger partial charge in [0.25, 0.3) is 0 Å². The van der Waals surface area contributed by atoms with E-state index in [0.29, 0.717) is 16.6 Å². The fourth-order valence-corrected chi connectivity index (χ4v) is 2.60. The molecule has 0 aliphatic rings. The molecule has 3 nitrogen and oxygen atoms in total. The molecule has 0 aliphatic carbocycles. The minimum absolute atomic E-state index is 0.0695. The molecule has 0 saturated heterocycles. The molecule has 102 valence electrons. The van der Waals surface area contributed by atoms with Crippen molar-refractivity contribution in [1.29, 1.82) is 0 Å². The molecule has 0 fully saturated rings. The second-order valence-electron chi connectivity index (χ2n) is 4.36. The van der Waals surface area contributed by atoms with Crippen molar-refractivity contribution in [3.63, 3.8) is 0 Å². The monoisotopic (exact) mass is 290 g/mol. The maximum atomic E-state index is 8.82. The number of nitrogens with one attached hydrogen (secondary N) is 1. The van der Waals surface area contributed by atoms with Crippen LogP contribution in [-0.2, 0) is 0 Å². The number of halogens is 2. The molecule has 4 N–H and O–H groups in total. The Bertz CT molecular complexity index is 354. The normalized spacial score (nSPS) is 14.5. The van der Waals surface area contributed by atoms with Gasteiger partial charge < -0.3 is 16.2 Å². The summed E-state index contributed by atoms with van der Waals surface area (Å²) in [7, 11) is 0. The summed E-state index contributed by atoms with van der Waals surface area (Å²) in [5.74, 6) is 0. The van der Waals surface area contributed by atoms with Crippen LogP contribution < -0.4 is 11.1 Å². The zero-order valence-corrected chi connectivity index (χ0v) is 12.0. The molecule has 0 bridgehead atoms. The molecule has 0 radical (unpaired) electrons. The van der Waals surface area contributed by atoms with E-state index in [9.17, 15) is 0 Å². The van der Waals surface area contributed by atoms with E-state index in [1.807, 2.05) is 18.2 Å². The summed E-state index contributed by atoms with van der Waals surface area (Å²) in [5.41, 5.74) is 6.64. The Morgan fingerprint density at radius 1 is 1.33 bits per heavy atom. The molecule has 0 amide bonds. The molecule has 1 aromatic rings. The van der Waals surface area contributed by atoms with Crippen molar-refractivity contribution in [2.24, 2.45) is 5.73 Å². The molecular formula is C13H20Cl2N2O. The first-order chi connectivity index (χ1) is 8.60. The summed E-state index contributed by atoms with van der Waals surface area (Å²) in [6, 6.07) is 5.62. The minimum atomic E-state index is -0.0695. The van der Waals surface area contributed by atoms with Crippen LogP contribution in [0.1, 0.15) is 31.4 Å². The van der Waals surface area contributed by atoms with Gasteiger partial charge in [-0.05, 0) is 31.9 Å². The maximum absolute atomic E-state index is 8.82. The second kappa shape index (κ2) is 7.97. The Kier molecular flexibility index (Phi) is 6.97. The van der Waals surface area contributed by atoms with E-state index in [-0.39, 0.29) is 18.7 Å². The highest BCUT2D eigenvalue weighted by atomic mass is 35.5. The number of benzene rings is 1. The Morgan fingerprint density at radius 2 is 1.94 bits per heavy atom. The van der Waals surface area contributed by atoms with E-state index >= 15 is 0 Å². The molecule has 0 spiro atoms. The van der Waals surface area contributed by atoms with Gasteiger partial charge in [-0.2, -0.15) is 0 Å². The third-order valence-corrected chi connectivity index (χ3v) is 3.52. The summed E-state index contributed by atoms with van der Waals surface area (Å²) in [6.07, 6.45) is 1.65. The van der Waals surface area contributed by atoms with Crippen LogP contribution in [0, 0.1) is 0 Å². The highest BCUT2D eigenvalue weighted by Gasteiger charge is 2.18. The Morgan fingerprint density at radius 3 is 2.44 bits per heavy atom. The van der Waals surface area contributed by atoms with Crippen molar-refractivity contribution in [1.82, 2.24) is 5.32 Å². The van der Waals surface area contributed by atoms with Gasteiger partial charge in [-0.3, -0.25) is 0 Å². The SMILES string of the molecule is CC(CCCO)NC(CN)c1c(Cl)cccc1Cl. The first-order valence-electron chi connectivity index (χ1n) is 6.11. The number of hydrogen-bond acceptors (Lipinski definition) is 3. The Labute approximate surface area is 118 Å². The van der Waals surface area contributed by atoms with Gasteiger partial charge in [-0.25, -0.2) is 0 Å². The first kappa shape index (κ1) is 15.7. The average Bonchev–Trinajstić information content (AvgIpc) is 2.34. The zero-order chi connectivity index (χ0) is 13.5. The molecule has 0 saturated carbocycles. The van der Waals surface area contributed by atoms with Crippen molar-refractivity contribution in [3.05, 3.63) is 33.8 Å². The highest BCUT2D eigenvalue weighted by Crippen LogP contribution is 2.30. The lowest BCUT2D eigenvalue weighted by Gasteiger charge is -2.24. The smallest absolute Gasteiger partial charge is 0.0476 e. The predicted octanol–water partition coefficient (Wildman–Crippen LogP) is 2.74. The van der Waals surface area contributed by atoms with Gasteiger partial charge in [0.2, 0.25) is 0 Å². The second-order valence-corrected chi connectivity index (χ2v) is 5.17. The first-order valence-corrected chi connectivity index (χ1v) is 6.86. The maximum Gasteiger partial charge on any atom is 0.0476 e. The topological polar surface area (TPSA) is 58.3 Å². The van der Waals surface area contributed by atoms with Crippen LogP contribution in [0.25, 0.3) is 0 Å². The lowest BCUT2D eigenvalue weighted by atomic mass is 10.0. The molecular weight excluding hydrogens is 271 g/mol. The van der Waals surface area contributed by atoms with Crippen molar-refractivity contribution < 1.29 is 5.11 Å². The van der Waals surface area contributed by atoms with Crippen LogP contribution in [0.5, 0.6) is 0 Å². The summed E-state index contributed by atoms with van der Waals surface area (Å²) < 4.78 is 0. The van der Waals surface area contributed by atoms with Crippen LogP contribution in [0.3, 0.4) is 0 Å². The highest BCUT2D eigenvalue weighted by molar-refractivity contribution is 6.36. The van der Waals surface area contributed by atoms with Gasteiger partial charge in [0.15, 0.2) is 0 Å². The van der Waals surface area contributed by atoms with E-state index in [4.69, 9.17) is 34.0 Å². The molecule has 2 atom stereocenters. The Balaban J connectivity index is 2.77. The number of nitrogens with two attached hydrogens (primary N) is 1. The molecule has 0 aliphatic heterocycles. The van der Waals surface area contributed by atoms with Gasteiger partial charge in [0.05, 0.1) is 0 Å². The van der Waals surface area contributed by atoms with Crippen LogP contribution in [-0.4, -0.2) is 24.3 Å². The molecule has 0 aromatic heterocycles. The molecule has 1 aromatic carbocycles. The lowest BCUT2D eigenvalue weighted by Crippen LogP contribution is -2.35. The third kappa shape index (κ3) is 4.41. The third-order valence-electron chi connectivity index (χ3n) is 2.86. The fourth-order valence-electron chi connectivity index (χ4n) is 1.94. The molecule has 2 unspecified atom stereocenters. The standard InChI is InChI=1S/C13H20Cl2N2O/c1-9(4-3-7-18)17-12(8-16)13-10(14)5-2-6-11(13)15/h2,5-6,9,12,17-18H,3-4,7-8,16H2,1H3. The lowest BCUT2D eigenvalue weighted by molar-refractivity contribution is 0.274. The number of aliphatic hydroxyl groups is 1. The average molecular weight is 291 g/mol. The van der Waals surface area contributed by atoms with Gasteiger partial charge in [-0.1, -0.05) is 29.3 Å². The van der Waals surface area contributed by atoms with Crippen molar-refractivity contribution in [2.75, 3.05) is 13.2 Å². The summed E-state index contributed by atoms with van der Waals surface area (Å²) in [5, 5.41) is 13.5. The van der Waals surface area contributed by atoms with E-state index in [0.717, 1.165) is 18.4 Å². The van der Waals surface area contributed by atoms with Crippen molar-refractivity contribution in [3.8, 4) is 0 Å². The summed E-state index contributed by atoms with van der Waals surface area (Å²) in [4.78, 5) is 0. The van der Waals surface area contributed by atoms with Crippen LogP contribution in [0.15, 0.2) is 18.2 Å². The molecule has 0 heterocycles. The van der Waals surface area contributed by atoms with E-state index in [1.165, 1.54) is 0 Å². The largest absolute Gasteiger partial charge is 0.396 e. The zero-order valence-electron chi connectivity index (χ0n) is 10.5. The van der Waals surface area contributed by atoms with Crippen molar-refractivity contribution in [2.45, 2.75) is 31.8 Å². The van der Waals surface area contributed by atoms with Gasteiger partial charge >= 0.3 is 0 Å².